The lowest BCUT2D eigenvalue weighted by molar-refractivity contribution is -0.137. The smallest absolute Gasteiger partial charge is 0.398 e. The zero-order valence-electron chi connectivity index (χ0n) is 15.3. The Bertz CT molecular complexity index is 874. The van der Waals surface area contributed by atoms with E-state index in [1.807, 2.05) is 0 Å². The molecule has 1 amide bonds. The Hall–Kier alpha value is -2.88. The van der Waals surface area contributed by atoms with E-state index in [0.717, 1.165) is 12.1 Å². The molecule has 0 saturated heterocycles. The molecule has 0 spiro atoms. The number of likely N-dealkylation sites (N-methyl/N-ethyl adjacent to an activating group) is 1. The van der Waals surface area contributed by atoms with E-state index >= 15 is 0 Å². The van der Waals surface area contributed by atoms with Crippen molar-refractivity contribution in [2.75, 3.05) is 14.2 Å². The van der Waals surface area contributed by atoms with E-state index in [-0.39, 0.29) is 12.3 Å². The highest BCUT2D eigenvalue weighted by molar-refractivity contribution is 7.13. The molecule has 2 rings (SSSR count). The summed E-state index contributed by atoms with van der Waals surface area (Å²) in [6.45, 7) is 1.68. The van der Waals surface area contributed by atoms with E-state index in [4.69, 9.17) is 9.68 Å². The summed E-state index contributed by atoms with van der Waals surface area (Å²) in [5.41, 5.74) is 0.982. The highest BCUT2D eigenvalue weighted by Gasteiger charge is 2.30. The van der Waals surface area contributed by atoms with Crippen molar-refractivity contribution < 1.29 is 27.6 Å². The Morgan fingerprint density at radius 3 is 2.43 bits per heavy atom. The number of benzene rings is 1. The van der Waals surface area contributed by atoms with Gasteiger partial charge in [-0.15, -0.1) is 11.3 Å². The molecule has 0 aliphatic carbocycles. The highest BCUT2D eigenvalue weighted by atomic mass is 32.1. The van der Waals surface area contributed by atoms with Gasteiger partial charge in [-0.05, 0) is 36.1 Å². The molecule has 0 fully saturated rings. The lowest BCUT2D eigenvalue weighted by atomic mass is 10.1. The minimum absolute atomic E-state index is 0.0521. The lowest BCUT2D eigenvalue weighted by Crippen LogP contribution is -2.28. The Labute approximate surface area is 163 Å². The van der Waals surface area contributed by atoms with Crippen LogP contribution in [0.5, 0.6) is 0 Å². The number of halogens is 3. The van der Waals surface area contributed by atoms with Crippen LogP contribution in [0.4, 0.5) is 13.2 Å². The molecule has 0 radical (unpaired) electrons. The Kier molecular flexibility index (Phi) is 7.16. The molecular weight excluding hydrogens is 395 g/mol. The second-order valence-corrected chi connectivity index (χ2v) is 6.42. The van der Waals surface area contributed by atoms with Gasteiger partial charge in [0.25, 0.3) is 5.91 Å². The van der Waals surface area contributed by atoms with E-state index < -0.39 is 17.6 Å². The molecule has 0 atom stereocenters. The largest absolute Gasteiger partial charge is 0.416 e. The molecule has 1 aromatic heterocycles. The highest BCUT2D eigenvalue weighted by Crippen LogP contribution is 2.29. The molecular formula is C18H18F3N3O3S. The molecule has 0 saturated carbocycles. The molecule has 2 aromatic rings. The topological polar surface area (TPSA) is 72.3 Å². The lowest BCUT2D eigenvalue weighted by Gasteiger charge is -2.08. The van der Waals surface area contributed by atoms with Crippen LogP contribution >= 0.6 is 11.3 Å². The Balaban J connectivity index is 2.10. The number of hydrogen-bond donors (Lipinski definition) is 1. The first-order valence-electron chi connectivity index (χ1n) is 8.02. The van der Waals surface area contributed by atoms with Crippen LogP contribution in [0.1, 0.15) is 28.5 Å². The molecule has 10 heteroatoms. The first-order valence-corrected chi connectivity index (χ1v) is 8.90. The SMILES string of the molecule is CNC(=O)/C(=N\OC)c1sccc1CO/N=C(\C)c1ccc(C(F)(F)F)cc1. The number of nitrogens with zero attached hydrogens (tertiary/aromatic N) is 2. The fourth-order valence-electron chi connectivity index (χ4n) is 2.20. The van der Waals surface area contributed by atoms with Crippen molar-refractivity contribution in [2.45, 2.75) is 19.7 Å². The van der Waals surface area contributed by atoms with Crippen LogP contribution < -0.4 is 5.32 Å². The summed E-state index contributed by atoms with van der Waals surface area (Å²) in [6, 6.07) is 6.40. The van der Waals surface area contributed by atoms with Gasteiger partial charge < -0.3 is 15.0 Å². The van der Waals surface area contributed by atoms with E-state index in [0.29, 0.717) is 21.7 Å². The minimum Gasteiger partial charge on any atom is -0.398 e. The number of nitrogens with one attached hydrogen (secondary N) is 1. The summed E-state index contributed by atoms with van der Waals surface area (Å²) in [5, 5.41) is 11.9. The van der Waals surface area contributed by atoms with Gasteiger partial charge in [0.2, 0.25) is 0 Å². The van der Waals surface area contributed by atoms with Gasteiger partial charge in [-0.1, -0.05) is 22.4 Å². The molecule has 6 nitrogen and oxygen atoms in total. The van der Waals surface area contributed by atoms with Crippen molar-refractivity contribution in [3.05, 3.63) is 57.3 Å². The summed E-state index contributed by atoms with van der Waals surface area (Å²) in [4.78, 5) is 22.6. The quantitative estimate of drug-likeness (QED) is 0.554. The number of carbonyl (C=O) groups is 1. The average molecular weight is 413 g/mol. The molecule has 1 aromatic carbocycles. The van der Waals surface area contributed by atoms with Gasteiger partial charge in [0, 0.05) is 12.6 Å². The third-order valence-electron chi connectivity index (χ3n) is 3.64. The van der Waals surface area contributed by atoms with E-state index in [1.165, 1.54) is 37.6 Å². The van der Waals surface area contributed by atoms with E-state index in [2.05, 4.69) is 15.6 Å². The predicted molar refractivity (Wildman–Crippen MR) is 100 cm³/mol. The van der Waals surface area contributed by atoms with Gasteiger partial charge in [-0.3, -0.25) is 4.79 Å². The van der Waals surface area contributed by atoms with Crippen LogP contribution in [-0.2, 0) is 27.3 Å². The summed E-state index contributed by atoms with van der Waals surface area (Å²) in [5.74, 6) is -0.407. The van der Waals surface area contributed by atoms with E-state index in [1.54, 1.807) is 18.4 Å². The maximum atomic E-state index is 12.6. The van der Waals surface area contributed by atoms with Crippen molar-refractivity contribution in [3.8, 4) is 0 Å². The molecule has 1 N–H and O–H groups in total. The standard InChI is InChI=1S/C18H18F3N3O3S/c1-11(12-4-6-14(7-5-12)18(19,20)21)23-27-10-13-8-9-28-16(13)15(24-26-3)17(25)22-2/h4-9H,10H2,1-3H3,(H,22,25)/b23-11+,24-15-. The van der Waals surface area contributed by atoms with Crippen LogP contribution in [0.25, 0.3) is 0 Å². The van der Waals surface area contributed by atoms with Crippen molar-refractivity contribution in [1.29, 1.82) is 0 Å². The van der Waals surface area contributed by atoms with Gasteiger partial charge >= 0.3 is 6.18 Å². The monoisotopic (exact) mass is 413 g/mol. The van der Waals surface area contributed by atoms with Gasteiger partial charge in [-0.25, -0.2) is 0 Å². The molecule has 1 heterocycles. The Morgan fingerprint density at radius 1 is 1.18 bits per heavy atom. The maximum Gasteiger partial charge on any atom is 0.416 e. The van der Waals surface area contributed by atoms with Crippen LogP contribution in [0, 0.1) is 0 Å². The number of amides is 1. The number of rotatable bonds is 7. The minimum atomic E-state index is -4.39. The van der Waals surface area contributed by atoms with E-state index in [9.17, 15) is 18.0 Å². The molecule has 0 unspecified atom stereocenters. The first-order chi connectivity index (χ1) is 13.3. The fourth-order valence-corrected chi connectivity index (χ4v) is 3.09. The van der Waals surface area contributed by atoms with Gasteiger partial charge in [0.05, 0.1) is 16.2 Å². The van der Waals surface area contributed by atoms with Gasteiger partial charge in [0.1, 0.15) is 13.7 Å². The van der Waals surface area contributed by atoms with Crippen molar-refractivity contribution in [1.82, 2.24) is 5.32 Å². The average Bonchev–Trinajstić information content (AvgIpc) is 3.13. The van der Waals surface area contributed by atoms with Crippen LogP contribution in [0.3, 0.4) is 0 Å². The third kappa shape index (κ3) is 5.32. The number of thiophene rings is 1. The summed E-state index contributed by atoms with van der Waals surface area (Å²) in [7, 11) is 2.82. The van der Waals surface area contributed by atoms with Crippen molar-refractivity contribution in [3.63, 3.8) is 0 Å². The molecule has 0 aliphatic heterocycles. The second-order valence-electron chi connectivity index (χ2n) is 5.50. The van der Waals surface area contributed by atoms with Crippen molar-refractivity contribution in [2.24, 2.45) is 10.3 Å². The number of hydrogen-bond acceptors (Lipinski definition) is 6. The summed E-state index contributed by atoms with van der Waals surface area (Å²) in [6.07, 6.45) is -4.39. The third-order valence-corrected chi connectivity index (χ3v) is 4.60. The normalized spacial score (nSPS) is 12.6. The number of oxime groups is 2. The summed E-state index contributed by atoms with van der Waals surface area (Å²) < 4.78 is 37.9. The van der Waals surface area contributed by atoms with Gasteiger partial charge in [-0.2, -0.15) is 13.2 Å². The molecule has 150 valence electrons. The summed E-state index contributed by atoms with van der Waals surface area (Å²) >= 11 is 1.29. The zero-order chi connectivity index (χ0) is 20.7. The molecule has 28 heavy (non-hydrogen) atoms. The number of carbonyl (C=O) groups excluding carboxylic acids is 1. The molecule has 0 bridgehead atoms. The number of alkyl halides is 3. The Morgan fingerprint density at radius 2 is 1.86 bits per heavy atom. The fraction of sp³-hybridized carbons (Fsp3) is 0.278. The van der Waals surface area contributed by atoms with Gasteiger partial charge in [0.15, 0.2) is 5.71 Å². The van der Waals surface area contributed by atoms with Crippen LogP contribution in [0.15, 0.2) is 46.0 Å². The van der Waals surface area contributed by atoms with Crippen LogP contribution in [-0.4, -0.2) is 31.5 Å². The maximum absolute atomic E-state index is 12.6. The predicted octanol–water partition coefficient (Wildman–Crippen LogP) is 3.80. The first kappa shape index (κ1) is 21.4. The second kappa shape index (κ2) is 9.36. The molecule has 0 aliphatic rings. The van der Waals surface area contributed by atoms with Crippen LogP contribution in [0.2, 0.25) is 0 Å². The van der Waals surface area contributed by atoms with Crippen molar-refractivity contribution >= 4 is 28.7 Å². The zero-order valence-corrected chi connectivity index (χ0v) is 16.1.